The van der Waals surface area contributed by atoms with Gasteiger partial charge in [0.15, 0.2) is 12.4 Å². The number of carboxylic acid groups (broad SMARTS) is 1. The Labute approximate surface area is 272 Å². The number of rotatable bonds is 16. The van der Waals surface area contributed by atoms with Crippen molar-refractivity contribution in [3.05, 3.63) is 64.7 Å². The molecule has 2 aromatic carbocycles. The molecule has 2 rings (SSSR count). The number of carboxylic acids is 1. The van der Waals surface area contributed by atoms with Crippen molar-refractivity contribution < 1.29 is 48.5 Å². The van der Waals surface area contributed by atoms with Crippen LogP contribution in [0, 0.1) is 19.8 Å². The van der Waals surface area contributed by atoms with E-state index in [2.05, 4.69) is 21.3 Å². The summed E-state index contributed by atoms with van der Waals surface area (Å²) in [5.74, 6) is -6.27. The fourth-order valence-corrected chi connectivity index (χ4v) is 4.64. The lowest BCUT2D eigenvalue weighted by Gasteiger charge is -2.27. The summed E-state index contributed by atoms with van der Waals surface area (Å²) >= 11 is 0. The van der Waals surface area contributed by atoms with Crippen molar-refractivity contribution in [2.45, 2.75) is 78.6 Å². The monoisotopic (exact) mass is 654 g/mol. The Morgan fingerprint density at radius 1 is 0.766 bits per heavy atom. The summed E-state index contributed by atoms with van der Waals surface area (Å²) in [7, 11) is 0. The van der Waals surface area contributed by atoms with Crippen LogP contribution in [0.15, 0.2) is 42.5 Å². The largest absolute Gasteiger partial charge is 0.508 e. The van der Waals surface area contributed by atoms with Crippen LogP contribution >= 0.6 is 0 Å². The van der Waals surface area contributed by atoms with E-state index in [4.69, 9.17) is 4.74 Å². The minimum Gasteiger partial charge on any atom is -0.508 e. The molecule has 0 spiro atoms. The molecule has 14 nitrogen and oxygen atoms in total. The first-order valence-electron chi connectivity index (χ1n) is 14.9. The molecular weight excluding hydrogens is 612 g/mol. The quantitative estimate of drug-likeness (QED) is 0.142. The zero-order chi connectivity index (χ0) is 35.4. The Hall–Kier alpha value is -5.27. The number of hydrogen-bond acceptors (Lipinski definition) is 9. The molecule has 14 heteroatoms. The van der Waals surface area contributed by atoms with Crippen LogP contribution in [0.5, 0.6) is 5.75 Å². The van der Waals surface area contributed by atoms with Crippen molar-refractivity contribution in [3.63, 3.8) is 0 Å². The zero-order valence-electron chi connectivity index (χ0n) is 27.2. The number of carbonyl (C=O) groups is 7. The molecule has 0 radical (unpaired) electrons. The van der Waals surface area contributed by atoms with Gasteiger partial charge < -0.3 is 36.2 Å². The molecule has 0 aliphatic rings. The number of aromatic hydroxyl groups is 1. The number of esters is 1. The summed E-state index contributed by atoms with van der Waals surface area (Å²) < 4.78 is 5.12. The normalized spacial score (nSPS) is 13.3. The van der Waals surface area contributed by atoms with Crippen LogP contribution in [0.1, 0.15) is 61.2 Å². The average molecular weight is 655 g/mol. The molecule has 0 saturated carbocycles. The van der Waals surface area contributed by atoms with E-state index >= 15 is 0 Å². The Balaban J connectivity index is 2.07. The van der Waals surface area contributed by atoms with Gasteiger partial charge in [-0.25, -0.2) is 4.79 Å². The number of ether oxygens (including phenoxy) is 1. The van der Waals surface area contributed by atoms with Gasteiger partial charge in [-0.05, 0) is 55.5 Å². The van der Waals surface area contributed by atoms with E-state index in [9.17, 15) is 43.8 Å². The number of nitrogens with one attached hydrogen (secondary N) is 4. The van der Waals surface area contributed by atoms with Gasteiger partial charge in [0.05, 0.1) is 12.0 Å². The number of aliphatic carboxylic acids is 1. The molecule has 0 unspecified atom stereocenters. The van der Waals surface area contributed by atoms with E-state index in [1.54, 1.807) is 58.0 Å². The van der Waals surface area contributed by atoms with Gasteiger partial charge in [0, 0.05) is 13.3 Å². The van der Waals surface area contributed by atoms with Crippen molar-refractivity contribution >= 4 is 41.4 Å². The van der Waals surface area contributed by atoms with Crippen LogP contribution < -0.4 is 21.3 Å². The van der Waals surface area contributed by atoms with Gasteiger partial charge in [0.1, 0.15) is 29.9 Å². The van der Waals surface area contributed by atoms with Gasteiger partial charge in [0.25, 0.3) is 0 Å². The molecule has 0 aromatic heterocycles. The Kier molecular flexibility index (Phi) is 14.1. The van der Waals surface area contributed by atoms with Crippen molar-refractivity contribution in [2.24, 2.45) is 5.92 Å². The van der Waals surface area contributed by atoms with E-state index in [-0.39, 0.29) is 17.7 Å². The lowest BCUT2D eigenvalue weighted by Crippen LogP contribution is -2.58. The van der Waals surface area contributed by atoms with Gasteiger partial charge in [0.2, 0.25) is 23.6 Å². The Morgan fingerprint density at radius 2 is 1.36 bits per heavy atom. The Bertz CT molecular complexity index is 1470. The summed E-state index contributed by atoms with van der Waals surface area (Å²) in [6.45, 7) is 8.45. The molecule has 0 saturated heterocycles. The van der Waals surface area contributed by atoms with Crippen molar-refractivity contribution in [3.8, 4) is 5.75 Å². The third-order valence-corrected chi connectivity index (χ3v) is 7.18. The average Bonchev–Trinajstić information content (AvgIpc) is 2.98. The third-order valence-electron chi connectivity index (χ3n) is 7.18. The zero-order valence-corrected chi connectivity index (χ0v) is 27.2. The molecule has 0 bridgehead atoms. The Morgan fingerprint density at radius 3 is 1.89 bits per heavy atom. The number of Topliss-reactive ketones (excluding diaryl/α,β-unsaturated/α-hetero) is 1. The number of carbonyl (C=O) groups excluding carboxylic acids is 6. The summed E-state index contributed by atoms with van der Waals surface area (Å²) in [6.07, 6.45) is -0.738. The van der Waals surface area contributed by atoms with E-state index < -0.39 is 84.5 Å². The van der Waals surface area contributed by atoms with Crippen molar-refractivity contribution in [1.82, 2.24) is 21.3 Å². The lowest BCUT2D eigenvalue weighted by molar-refractivity contribution is -0.141. The number of amides is 4. The highest BCUT2D eigenvalue weighted by Gasteiger charge is 2.32. The maximum absolute atomic E-state index is 13.2. The maximum Gasteiger partial charge on any atom is 0.339 e. The third kappa shape index (κ3) is 11.9. The molecule has 0 fully saturated rings. The maximum atomic E-state index is 13.2. The molecular formula is C33H42N4O10. The predicted octanol–water partition coefficient (Wildman–Crippen LogP) is 1.09. The van der Waals surface area contributed by atoms with Crippen molar-refractivity contribution in [1.29, 1.82) is 0 Å². The predicted molar refractivity (Wildman–Crippen MR) is 169 cm³/mol. The van der Waals surface area contributed by atoms with Gasteiger partial charge >= 0.3 is 11.9 Å². The number of aryl methyl sites for hydroxylation is 2. The fraction of sp³-hybridized carbons (Fsp3) is 0.424. The SMILES string of the molecule is CC(=O)N[C@H](Cc1ccc(O)cc1)C(=O)N[C@H](C(=O)N[C@@H](C)C(=O)N[C@@H](CC(=O)O)C(=O)COC(=O)c1c(C)cccc1C)C(C)C. The summed E-state index contributed by atoms with van der Waals surface area (Å²) in [4.78, 5) is 88.0. The minimum atomic E-state index is -1.57. The second-order valence-corrected chi connectivity index (χ2v) is 11.6. The summed E-state index contributed by atoms with van der Waals surface area (Å²) in [5.41, 5.74) is 2.16. The van der Waals surface area contributed by atoms with E-state index in [1.807, 2.05) is 0 Å². The molecule has 6 N–H and O–H groups in total. The smallest absolute Gasteiger partial charge is 0.339 e. The highest BCUT2D eigenvalue weighted by molar-refractivity contribution is 5.98. The van der Waals surface area contributed by atoms with Gasteiger partial charge in [-0.1, -0.05) is 44.2 Å². The first-order chi connectivity index (χ1) is 22.0. The standard InChI is InChI=1S/C33H42N4O10/c1-17(2)29(37-31(44)25(35-21(6)38)14-22-10-12-23(39)13-11-22)32(45)34-20(5)30(43)36-24(15-27(41)42)26(40)16-47-33(46)28-18(3)8-7-9-19(28)4/h7-13,17,20,24-25,29,39H,14-16H2,1-6H3,(H,34,45)(H,35,38)(H,36,43)(H,37,44)(H,41,42)/t20-,24-,25+,29-/m0/s1. The second kappa shape index (κ2) is 17.4. The first-order valence-corrected chi connectivity index (χ1v) is 14.9. The van der Waals surface area contributed by atoms with Crippen LogP contribution in [0.2, 0.25) is 0 Å². The van der Waals surface area contributed by atoms with Crippen LogP contribution in [0.3, 0.4) is 0 Å². The number of phenolic OH excluding ortho intramolecular Hbond substituents is 1. The molecule has 0 aliphatic heterocycles. The topological polar surface area (TPSA) is 217 Å². The van der Waals surface area contributed by atoms with E-state index in [0.717, 1.165) is 0 Å². The van der Waals surface area contributed by atoms with Crippen LogP contribution in [-0.2, 0) is 39.9 Å². The number of ketones is 1. The van der Waals surface area contributed by atoms with Gasteiger partial charge in [-0.2, -0.15) is 0 Å². The van der Waals surface area contributed by atoms with Crippen LogP contribution in [0.4, 0.5) is 0 Å². The van der Waals surface area contributed by atoms with Crippen molar-refractivity contribution in [2.75, 3.05) is 6.61 Å². The van der Waals surface area contributed by atoms with Gasteiger partial charge in [-0.3, -0.25) is 28.8 Å². The molecule has 0 heterocycles. The first kappa shape index (κ1) is 37.9. The molecule has 47 heavy (non-hydrogen) atoms. The van der Waals surface area contributed by atoms with Gasteiger partial charge in [-0.15, -0.1) is 0 Å². The lowest BCUT2D eigenvalue weighted by atomic mass is 10.0. The molecule has 2 aromatic rings. The molecule has 4 atom stereocenters. The highest BCUT2D eigenvalue weighted by atomic mass is 16.5. The highest BCUT2D eigenvalue weighted by Crippen LogP contribution is 2.15. The van der Waals surface area contributed by atoms with E-state index in [0.29, 0.717) is 16.7 Å². The number of benzene rings is 2. The fourth-order valence-electron chi connectivity index (χ4n) is 4.64. The molecule has 0 aliphatic carbocycles. The summed E-state index contributed by atoms with van der Waals surface area (Å²) in [6, 6.07) is 6.15. The molecule has 254 valence electrons. The molecule has 4 amide bonds. The van der Waals surface area contributed by atoms with Crippen LogP contribution in [0.25, 0.3) is 0 Å². The second-order valence-electron chi connectivity index (χ2n) is 11.6. The number of hydrogen-bond donors (Lipinski definition) is 6. The summed E-state index contributed by atoms with van der Waals surface area (Å²) in [5, 5.41) is 28.7. The number of phenols is 1. The van der Waals surface area contributed by atoms with Crippen LogP contribution in [-0.4, -0.2) is 82.3 Å². The minimum absolute atomic E-state index is 0.0271. The van der Waals surface area contributed by atoms with E-state index in [1.165, 1.54) is 26.0 Å².